The molecule has 9 heteroatoms. The average molecular weight is 386 g/mol. The summed E-state index contributed by atoms with van der Waals surface area (Å²) in [7, 11) is 0. The van der Waals surface area contributed by atoms with Gasteiger partial charge in [0.15, 0.2) is 0 Å². The van der Waals surface area contributed by atoms with Gasteiger partial charge in [-0.2, -0.15) is 0 Å². The van der Waals surface area contributed by atoms with Crippen LogP contribution in [-0.4, -0.2) is 43.6 Å². The number of carbonyl (C=O) groups excluding carboxylic acids is 2. The van der Waals surface area contributed by atoms with Crippen molar-refractivity contribution in [2.24, 2.45) is 0 Å². The van der Waals surface area contributed by atoms with Gasteiger partial charge in [0, 0.05) is 0 Å². The van der Waals surface area contributed by atoms with E-state index in [1.54, 1.807) is 13.8 Å². The minimum atomic E-state index is -2.72. The molecule has 0 spiro atoms. The average Bonchev–Trinajstić information content (AvgIpc) is 2.51. The zero-order valence-electron chi connectivity index (χ0n) is 14.2. The number of hydrogen-bond acceptors (Lipinski definition) is 8. The fourth-order valence-electron chi connectivity index (χ4n) is 1.43. The summed E-state index contributed by atoms with van der Waals surface area (Å²) in [6.07, 6.45) is 1.47. The lowest BCUT2D eigenvalue weighted by molar-refractivity contribution is -0.149. The Kier molecular flexibility index (Phi) is 13.1. The Morgan fingerprint density at radius 1 is 1.00 bits per heavy atom. The van der Waals surface area contributed by atoms with E-state index >= 15 is 0 Å². The molecule has 0 saturated carbocycles. The van der Waals surface area contributed by atoms with E-state index in [0.717, 1.165) is 24.2 Å². The van der Waals surface area contributed by atoms with Crippen molar-refractivity contribution < 1.29 is 28.1 Å². The van der Waals surface area contributed by atoms with E-state index in [9.17, 15) is 9.59 Å². The monoisotopic (exact) mass is 386 g/mol. The van der Waals surface area contributed by atoms with Crippen LogP contribution in [0.2, 0.25) is 0 Å². The predicted molar refractivity (Wildman–Crippen MR) is 96.0 cm³/mol. The Bertz CT molecular complexity index is 393. The highest BCUT2D eigenvalue weighted by atomic mass is 32.9. The van der Waals surface area contributed by atoms with E-state index < -0.39 is 22.9 Å². The Morgan fingerprint density at radius 3 is 1.96 bits per heavy atom. The fraction of sp³-hybridized carbons (Fsp3) is 0.857. The third kappa shape index (κ3) is 10.4. The lowest BCUT2D eigenvalue weighted by atomic mass is 10.3. The van der Waals surface area contributed by atoms with E-state index in [-0.39, 0.29) is 19.6 Å². The van der Waals surface area contributed by atoms with Crippen LogP contribution >= 0.6 is 17.1 Å². The summed E-state index contributed by atoms with van der Waals surface area (Å²) in [4.78, 5) is 23.8. The minimum absolute atomic E-state index is 0.110. The molecule has 0 aromatic rings. The van der Waals surface area contributed by atoms with Gasteiger partial charge in [0.05, 0.1) is 32.8 Å². The van der Waals surface area contributed by atoms with E-state index in [4.69, 9.17) is 30.3 Å². The van der Waals surface area contributed by atoms with Crippen LogP contribution in [0.3, 0.4) is 0 Å². The summed E-state index contributed by atoms with van der Waals surface area (Å²) in [5.41, 5.74) is -2.72. The highest BCUT2D eigenvalue weighted by molar-refractivity contribution is 8.68. The normalized spacial score (nSPS) is 12.7. The standard InChI is InChI=1S/C14H27O6PS2/c1-5-9-19-21(22,20-10-6-2)23-12(14(16)18-8-4)11-13(15)17-7-3/h12H,5-11H2,1-4H3. The van der Waals surface area contributed by atoms with Crippen molar-refractivity contribution in [1.29, 1.82) is 0 Å². The quantitative estimate of drug-likeness (QED) is 0.351. The van der Waals surface area contributed by atoms with Gasteiger partial charge in [-0.1, -0.05) is 25.2 Å². The van der Waals surface area contributed by atoms with Crippen LogP contribution in [0.25, 0.3) is 0 Å². The molecule has 0 aromatic heterocycles. The van der Waals surface area contributed by atoms with Gasteiger partial charge in [-0.25, -0.2) is 0 Å². The minimum Gasteiger partial charge on any atom is -0.466 e. The molecule has 0 heterocycles. The summed E-state index contributed by atoms with van der Waals surface area (Å²) in [6.45, 7) is 8.73. The molecular formula is C14H27O6PS2. The lowest BCUT2D eigenvalue weighted by Crippen LogP contribution is -2.24. The van der Waals surface area contributed by atoms with E-state index in [0.29, 0.717) is 13.2 Å². The molecule has 0 saturated heterocycles. The molecule has 23 heavy (non-hydrogen) atoms. The summed E-state index contributed by atoms with van der Waals surface area (Å²) in [5, 5.41) is -0.784. The smallest absolute Gasteiger partial charge is 0.320 e. The Balaban J connectivity index is 5.04. The summed E-state index contributed by atoms with van der Waals surface area (Å²) in [5.74, 6) is -0.967. The first-order valence-electron chi connectivity index (χ1n) is 7.82. The van der Waals surface area contributed by atoms with Crippen molar-refractivity contribution in [3.8, 4) is 0 Å². The van der Waals surface area contributed by atoms with Gasteiger partial charge in [-0.05, 0) is 38.5 Å². The zero-order valence-corrected chi connectivity index (χ0v) is 16.8. The highest BCUT2D eigenvalue weighted by Crippen LogP contribution is 2.63. The first-order valence-corrected chi connectivity index (χ1v) is 11.9. The lowest BCUT2D eigenvalue weighted by Gasteiger charge is -2.24. The molecule has 0 rings (SSSR count). The molecule has 0 aliphatic rings. The van der Waals surface area contributed by atoms with Crippen molar-refractivity contribution in [3.63, 3.8) is 0 Å². The van der Waals surface area contributed by atoms with Crippen LogP contribution in [0.5, 0.6) is 0 Å². The predicted octanol–water partition coefficient (Wildman–Crippen LogP) is 3.68. The first kappa shape index (κ1) is 22.9. The SMILES string of the molecule is CCCOP(=S)(OCCC)SC(CC(=O)OCC)C(=O)OCC. The molecule has 0 fully saturated rings. The number of esters is 2. The third-order valence-electron chi connectivity index (χ3n) is 2.37. The molecule has 0 radical (unpaired) electrons. The van der Waals surface area contributed by atoms with Gasteiger partial charge >= 0.3 is 11.9 Å². The number of carbonyl (C=O) groups is 2. The Labute approximate surface area is 147 Å². The van der Waals surface area contributed by atoms with Crippen molar-refractivity contribution in [3.05, 3.63) is 0 Å². The van der Waals surface area contributed by atoms with Crippen molar-refractivity contribution in [2.75, 3.05) is 26.4 Å². The van der Waals surface area contributed by atoms with Gasteiger partial charge in [-0.15, -0.1) is 0 Å². The molecule has 0 aromatic carbocycles. The van der Waals surface area contributed by atoms with Crippen molar-refractivity contribution >= 4 is 40.8 Å². The number of hydrogen-bond donors (Lipinski definition) is 0. The van der Waals surface area contributed by atoms with Crippen molar-refractivity contribution in [2.45, 2.75) is 52.2 Å². The van der Waals surface area contributed by atoms with E-state index in [1.807, 2.05) is 13.8 Å². The molecule has 0 aliphatic heterocycles. The van der Waals surface area contributed by atoms with Crippen molar-refractivity contribution in [1.82, 2.24) is 0 Å². The summed E-state index contributed by atoms with van der Waals surface area (Å²) in [6, 6.07) is 0. The fourth-order valence-corrected chi connectivity index (χ4v) is 6.73. The van der Waals surface area contributed by atoms with Gasteiger partial charge < -0.3 is 18.5 Å². The maximum atomic E-state index is 12.1. The van der Waals surface area contributed by atoms with Gasteiger partial charge in [0.2, 0.25) is 5.69 Å². The van der Waals surface area contributed by atoms with Crippen LogP contribution in [-0.2, 0) is 39.9 Å². The second-order valence-corrected chi connectivity index (χ2v) is 10.9. The third-order valence-corrected chi connectivity index (χ3v) is 7.82. The van der Waals surface area contributed by atoms with Gasteiger partial charge in [0.25, 0.3) is 0 Å². The highest BCUT2D eigenvalue weighted by Gasteiger charge is 2.33. The Morgan fingerprint density at radius 2 is 1.52 bits per heavy atom. The molecular weight excluding hydrogens is 359 g/mol. The molecule has 0 amide bonds. The van der Waals surface area contributed by atoms with E-state index in [2.05, 4.69) is 0 Å². The second-order valence-electron chi connectivity index (χ2n) is 4.47. The topological polar surface area (TPSA) is 71.1 Å². The van der Waals surface area contributed by atoms with Crippen LogP contribution in [0.4, 0.5) is 0 Å². The molecule has 0 aliphatic carbocycles. The Hall–Kier alpha value is -0.140. The van der Waals surface area contributed by atoms with Gasteiger partial charge in [0.1, 0.15) is 5.25 Å². The zero-order chi connectivity index (χ0) is 17.7. The molecule has 1 atom stereocenters. The van der Waals surface area contributed by atoms with E-state index in [1.165, 1.54) is 0 Å². The van der Waals surface area contributed by atoms with Crippen LogP contribution < -0.4 is 0 Å². The number of ether oxygens (including phenoxy) is 2. The molecule has 0 N–H and O–H groups in total. The van der Waals surface area contributed by atoms with Gasteiger partial charge in [-0.3, -0.25) is 9.59 Å². The molecule has 1 unspecified atom stereocenters. The van der Waals surface area contributed by atoms with Crippen LogP contribution in [0.15, 0.2) is 0 Å². The first-order chi connectivity index (χ1) is 10.9. The van der Waals surface area contributed by atoms with Crippen LogP contribution in [0.1, 0.15) is 47.0 Å². The molecule has 0 bridgehead atoms. The maximum absolute atomic E-state index is 12.1. The second kappa shape index (κ2) is 13.2. The molecule has 136 valence electrons. The summed E-state index contributed by atoms with van der Waals surface area (Å²) < 4.78 is 21.3. The summed E-state index contributed by atoms with van der Waals surface area (Å²) >= 11 is 6.58. The number of rotatable bonds is 13. The molecule has 6 nitrogen and oxygen atoms in total. The van der Waals surface area contributed by atoms with Crippen LogP contribution in [0, 0.1) is 0 Å². The maximum Gasteiger partial charge on any atom is 0.320 e. The largest absolute Gasteiger partial charge is 0.466 e.